The number of imidazole rings is 1. The maximum atomic E-state index is 13.4. The zero-order valence-electron chi connectivity index (χ0n) is 11.4. The molecular formula is C16H15FN2O. The Morgan fingerprint density at radius 1 is 1.20 bits per heavy atom. The Morgan fingerprint density at radius 2 is 2.00 bits per heavy atom. The Balaban J connectivity index is 2.27. The Kier molecular flexibility index (Phi) is 2.93. The van der Waals surface area contributed by atoms with Crippen LogP contribution in [0.4, 0.5) is 4.39 Å². The van der Waals surface area contributed by atoms with E-state index < -0.39 is 0 Å². The van der Waals surface area contributed by atoms with Crippen LogP contribution in [0.3, 0.4) is 0 Å². The standard InChI is InChI=1S/C16H15FN2O/c1-3-19-14-9-12(17)5-6-13(14)18-16(19)11-4-7-15(20)10(2)8-11/h4-9,20H,3H2,1-2H3. The van der Waals surface area contributed by atoms with Gasteiger partial charge in [-0.15, -0.1) is 0 Å². The van der Waals surface area contributed by atoms with Crippen LogP contribution in [-0.2, 0) is 6.54 Å². The maximum Gasteiger partial charge on any atom is 0.141 e. The number of phenols is 1. The van der Waals surface area contributed by atoms with Crippen molar-refractivity contribution < 1.29 is 9.50 Å². The van der Waals surface area contributed by atoms with Gasteiger partial charge in [0.25, 0.3) is 0 Å². The van der Waals surface area contributed by atoms with E-state index in [1.54, 1.807) is 12.1 Å². The molecule has 3 nitrogen and oxygen atoms in total. The second-order valence-electron chi connectivity index (χ2n) is 4.81. The molecule has 0 spiro atoms. The predicted octanol–water partition coefficient (Wildman–Crippen LogP) is 3.88. The first-order chi connectivity index (χ1) is 9.60. The van der Waals surface area contributed by atoms with Gasteiger partial charge in [0.2, 0.25) is 0 Å². The van der Waals surface area contributed by atoms with Crippen molar-refractivity contribution in [1.82, 2.24) is 9.55 Å². The first kappa shape index (κ1) is 12.7. The van der Waals surface area contributed by atoms with Gasteiger partial charge < -0.3 is 9.67 Å². The van der Waals surface area contributed by atoms with Gasteiger partial charge in [-0.05, 0) is 55.8 Å². The van der Waals surface area contributed by atoms with Gasteiger partial charge in [0.05, 0.1) is 11.0 Å². The molecule has 1 N–H and O–H groups in total. The first-order valence-electron chi connectivity index (χ1n) is 6.56. The van der Waals surface area contributed by atoms with Crippen molar-refractivity contribution in [3.8, 4) is 17.1 Å². The van der Waals surface area contributed by atoms with Crippen LogP contribution in [-0.4, -0.2) is 14.7 Å². The second-order valence-corrected chi connectivity index (χ2v) is 4.81. The predicted molar refractivity (Wildman–Crippen MR) is 77.2 cm³/mol. The minimum absolute atomic E-state index is 0.263. The average molecular weight is 270 g/mol. The van der Waals surface area contributed by atoms with Gasteiger partial charge >= 0.3 is 0 Å². The lowest BCUT2D eigenvalue weighted by molar-refractivity contribution is 0.471. The van der Waals surface area contributed by atoms with Crippen LogP contribution in [0.2, 0.25) is 0 Å². The van der Waals surface area contributed by atoms with Crippen LogP contribution in [0.15, 0.2) is 36.4 Å². The summed E-state index contributed by atoms with van der Waals surface area (Å²) < 4.78 is 15.4. The van der Waals surface area contributed by atoms with Crippen LogP contribution < -0.4 is 0 Å². The van der Waals surface area contributed by atoms with Crippen LogP contribution in [0.25, 0.3) is 22.4 Å². The summed E-state index contributed by atoms with van der Waals surface area (Å²) in [6.07, 6.45) is 0. The molecule has 0 radical (unpaired) electrons. The number of fused-ring (bicyclic) bond motifs is 1. The molecule has 20 heavy (non-hydrogen) atoms. The number of aromatic nitrogens is 2. The highest BCUT2D eigenvalue weighted by atomic mass is 19.1. The van der Waals surface area contributed by atoms with Crippen molar-refractivity contribution >= 4 is 11.0 Å². The van der Waals surface area contributed by atoms with Crippen molar-refractivity contribution in [2.24, 2.45) is 0 Å². The molecule has 0 fully saturated rings. The van der Waals surface area contributed by atoms with Gasteiger partial charge in [0.15, 0.2) is 0 Å². The topological polar surface area (TPSA) is 38.0 Å². The average Bonchev–Trinajstić information content (AvgIpc) is 2.79. The number of aryl methyl sites for hydroxylation is 2. The summed E-state index contributed by atoms with van der Waals surface area (Å²) in [5.41, 5.74) is 3.27. The molecule has 0 aliphatic heterocycles. The minimum atomic E-state index is -0.263. The van der Waals surface area contributed by atoms with E-state index in [4.69, 9.17) is 0 Å². The number of rotatable bonds is 2. The highest BCUT2D eigenvalue weighted by Gasteiger charge is 2.12. The van der Waals surface area contributed by atoms with Crippen molar-refractivity contribution in [1.29, 1.82) is 0 Å². The second kappa shape index (κ2) is 4.63. The van der Waals surface area contributed by atoms with E-state index in [2.05, 4.69) is 4.98 Å². The number of hydrogen-bond donors (Lipinski definition) is 1. The SMILES string of the molecule is CCn1c(-c2ccc(O)c(C)c2)nc2ccc(F)cc21. The molecule has 1 heterocycles. The van der Waals surface area contributed by atoms with Crippen molar-refractivity contribution in [2.75, 3.05) is 0 Å². The molecule has 0 atom stereocenters. The lowest BCUT2D eigenvalue weighted by Crippen LogP contribution is -1.97. The van der Waals surface area contributed by atoms with Crippen molar-refractivity contribution in [2.45, 2.75) is 20.4 Å². The summed E-state index contributed by atoms with van der Waals surface area (Å²) in [6, 6.07) is 9.98. The van der Waals surface area contributed by atoms with E-state index in [-0.39, 0.29) is 11.6 Å². The molecule has 0 amide bonds. The molecule has 0 bridgehead atoms. The summed E-state index contributed by atoms with van der Waals surface area (Å²) in [5.74, 6) is 0.788. The van der Waals surface area contributed by atoms with E-state index in [0.29, 0.717) is 6.54 Å². The Morgan fingerprint density at radius 3 is 2.70 bits per heavy atom. The molecule has 0 unspecified atom stereocenters. The lowest BCUT2D eigenvalue weighted by Gasteiger charge is -2.07. The summed E-state index contributed by atoms with van der Waals surface area (Å²) in [4.78, 5) is 4.58. The fraction of sp³-hybridized carbons (Fsp3) is 0.188. The Hall–Kier alpha value is -2.36. The molecule has 0 aliphatic rings. The molecular weight excluding hydrogens is 255 g/mol. The lowest BCUT2D eigenvalue weighted by atomic mass is 10.1. The molecule has 2 aromatic carbocycles. The third-order valence-electron chi connectivity index (χ3n) is 3.48. The summed E-state index contributed by atoms with van der Waals surface area (Å²) in [7, 11) is 0. The number of hydrogen-bond acceptors (Lipinski definition) is 2. The van der Waals surface area contributed by atoms with Gasteiger partial charge in [-0.25, -0.2) is 9.37 Å². The Bertz CT molecular complexity index is 793. The van der Waals surface area contributed by atoms with Gasteiger partial charge in [0, 0.05) is 12.1 Å². The molecule has 0 saturated carbocycles. The Labute approximate surface area is 116 Å². The summed E-state index contributed by atoms with van der Waals surface area (Å²) >= 11 is 0. The number of halogens is 1. The van der Waals surface area contributed by atoms with E-state index >= 15 is 0 Å². The first-order valence-corrected chi connectivity index (χ1v) is 6.56. The highest BCUT2D eigenvalue weighted by molar-refractivity contribution is 5.81. The van der Waals surface area contributed by atoms with Crippen molar-refractivity contribution in [3.63, 3.8) is 0 Å². The van der Waals surface area contributed by atoms with E-state index in [0.717, 1.165) is 28.0 Å². The zero-order chi connectivity index (χ0) is 14.3. The zero-order valence-corrected chi connectivity index (χ0v) is 11.4. The van der Waals surface area contributed by atoms with Gasteiger partial charge in [0.1, 0.15) is 17.4 Å². The fourth-order valence-corrected chi connectivity index (χ4v) is 2.43. The van der Waals surface area contributed by atoms with Gasteiger partial charge in [-0.2, -0.15) is 0 Å². The van der Waals surface area contributed by atoms with Gasteiger partial charge in [-0.3, -0.25) is 0 Å². The smallest absolute Gasteiger partial charge is 0.141 e. The van der Waals surface area contributed by atoms with E-state index in [1.807, 2.05) is 30.5 Å². The molecule has 3 aromatic rings. The highest BCUT2D eigenvalue weighted by Crippen LogP contribution is 2.28. The van der Waals surface area contributed by atoms with Crippen LogP contribution in [0.5, 0.6) is 5.75 Å². The third-order valence-corrected chi connectivity index (χ3v) is 3.48. The summed E-state index contributed by atoms with van der Waals surface area (Å²) in [6.45, 7) is 4.55. The molecule has 4 heteroatoms. The minimum Gasteiger partial charge on any atom is -0.508 e. The monoisotopic (exact) mass is 270 g/mol. The third kappa shape index (κ3) is 1.93. The van der Waals surface area contributed by atoms with Gasteiger partial charge in [-0.1, -0.05) is 0 Å². The number of benzene rings is 2. The van der Waals surface area contributed by atoms with E-state index in [9.17, 15) is 9.50 Å². The van der Waals surface area contributed by atoms with Crippen LogP contribution in [0.1, 0.15) is 12.5 Å². The molecule has 102 valence electrons. The fourth-order valence-electron chi connectivity index (χ4n) is 2.43. The number of phenolic OH excluding ortho intramolecular Hbond substituents is 1. The van der Waals surface area contributed by atoms with Crippen molar-refractivity contribution in [3.05, 3.63) is 47.8 Å². The normalized spacial score (nSPS) is 11.2. The van der Waals surface area contributed by atoms with Crippen LogP contribution in [0, 0.1) is 12.7 Å². The maximum absolute atomic E-state index is 13.4. The molecule has 0 saturated heterocycles. The van der Waals surface area contributed by atoms with E-state index in [1.165, 1.54) is 12.1 Å². The number of nitrogens with zero attached hydrogens (tertiary/aromatic N) is 2. The summed E-state index contributed by atoms with van der Waals surface area (Å²) in [5, 5.41) is 9.62. The molecule has 1 aromatic heterocycles. The molecule has 3 rings (SSSR count). The molecule has 0 aliphatic carbocycles. The largest absolute Gasteiger partial charge is 0.508 e. The quantitative estimate of drug-likeness (QED) is 0.767. The van der Waals surface area contributed by atoms with Crippen LogP contribution >= 0.6 is 0 Å². The number of aromatic hydroxyl groups is 1.